The molecule has 6 heteroatoms. The number of anilines is 1. The average molecular weight is 401 g/mol. The van der Waals surface area contributed by atoms with Crippen molar-refractivity contribution in [2.75, 3.05) is 24.6 Å². The van der Waals surface area contributed by atoms with Gasteiger partial charge in [0.15, 0.2) is 5.79 Å². The molecule has 1 aromatic rings. The molecule has 0 saturated carbocycles. The van der Waals surface area contributed by atoms with E-state index in [2.05, 4.69) is 47.8 Å². The van der Waals surface area contributed by atoms with Crippen LogP contribution in [0.25, 0.3) is 0 Å². The quantitative estimate of drug-likeness (QED) is 0.539. The molecule has 2 aliphatic rings. The highest BCUT2D eigenvalue weighted by atomic mass is 79.9. The molecular formula is C17H24BrFNO2Si. The van der Waals surface area contributed by atoms with E-state index in [9.17, 15) is 4.39 Å². The van der Waals surface area contributed by atoms with E-state index in [1.165, 1.54) is 6.07 Å². The number of epoxide rings is 1. The molecule has 0 aromatic heterocycles. The van der Waals surface area contributed by atoms with Gasteiger partial charge >= 0.3 is 0 Å². The molecule has 2 aliphatic heterocycles. The van der Waals surface area contributed by atoms with Crippen LogP contribution in [0.15, 0.2) is 22.7 Å². The number of ether oxygens (including phenoxy) is 2. The maximum absolute atomic E-state index is 14.1. The van der Waals surface area contributed by atoms with Crippen molar-refractivity contribution < 1.29 is 13.9 Å². The topological polar surface area (TPSA) is 25.0 Å². The van der Waals surface area contributed by atoms with E-state index in [0.717, 1.165) is 24.0 Å². The van der Waals surface area contributed by atoms with Crippen LogP contribution in [0.3, 0.4) is 0 Å². The summed E-state index contributed by atoms with van der Waals surface area (Å²) < 4.78 is 26.9. The molecule has 23 heavy (non-hydrogen) atoms. The molecule has 2 heterocycles. The predicted octanol–water partition coefficient (Wildman–Crippen LogP) is 4.44. The smallest absolute Gasteiger partial charge is 0.198 e. The van der Waals surface area contributed by atoms with Crippen LogP contribution in [-0.2, 0) is 9.47 Å². The zero-order valence-electron chi connectivity index (χ0n) is 14.2. The van der Waals surface area contributed by atoms with E-state index in [4.69, 9.17) is 9.47 Å². The summed E-state index contributed by atoms with van der Waals surface area (Å²) in [5.41, 5.74) is 0.644. The average Bonchev–Trinajstić information content (AvgIpc) is 3.19. The highest BCUT2D eigenvalue weighted by Gasteiger charge is 2.61. The Morgan fingerprint density at radius 2 is 2.22 bits per heavy atom. The van der Waals surface area contributed by atoms with Gasteiger partial charge in [-0.1, -0.05) is 42.9 Å². The van der Waals surface area contributed by atoms with Crippen LogP contribution in [0, 0.1) is 5.82 Å². The van der Waals surface area contributed by atoms with Gasteiger partial charge in [-0.2, -0.15) is 0 Å². The van der Waals surface area contributed by atoms with Crippen molar-refractivity contribution in [3.63, 3.8) is 0 Å². The van der Waals surface area contributed by atoms with Gasteiger partial charge < -0.3 is 14.4 Å². The summed E-state index contributed by atoms with van der Waals surface area (Å²) in [4.78, 5) is 2.06. The summed E-state index contributed by atoms with van der Waals surface area (Å²) in [7, 11) is -0.427. The zero-order valence-corrected chi connectivity index (χ0v) is 16.7. The van der Waals surface area contributed by atoms with Crippen LogP contribution in [-0.4, -0.2) is 40.4 Å². The second-order valence-electron chi connectivity index (χ2n) is 7.38. The predicted molar refractivity (Wildman–Crippen MR) is 96.0 cm³/mol. The number of benzene rings is 1. The first kappa shape index (κ1) is 17.4. The lowest BCUT2D eigenvalue weighted by atomic mass is 10.1. The normalized spacial score (nSPS) is 27.3. The Labute approximate surface area is 147 Å². The second-order valence-corrected chi connectivity index (χ2v) is 11.7. The molecule has 2 saturated heterocycles. The van der Waals surface area contributed by atoms with Crippen molar-refractivity contribution in [3.8, 4) is 0 Å². The fraction of sp³-hybridized carbons (Fsp3) is 0.647. The minimum absolute atomic E-state index is 0.0551. The van der Waals surface area contributed by atoms with Crippen LogP contribution in [0.2, 0.25) is 18.1 Å². The van der Waals surface area contributed by atoms with Crippen LogP contribution in [0.1, 0.15) is 20.3 Å². The lowest BCUT2D eigenvalue weighted by molar-refractivity contribution is -0.0576. The van der Waals surface area contributed by atoms with Crippen molar-refractivity contribution in [2.45, 2.75) is 50.3 Å². The number of hydrogen-bond donors (Lipinski definition) is 0. The van der Waals surface area contributed by atoms with Gasteiger partial charge in [0, 0.05) is 24.0 Å². The van der Waals surface area contributed by atoms with Crippen molar-refractivity contribution >= 4 is 30.4 Å². The molecular weight excluding hydrogens is 377 g/mol. The number of hydrogen-bond acceptors (Lipinski definition) is 3. The van der Waals surface area contributed by atoms with Crippen LogP contribution in [0.4, 0.5) is 10.1 Å². The van der Waals surface area contributed by atoms with E-state index in [-0.39, 0.29) is 17.0 Å². The van der Waals surface area contributed by atoms with Gasteiger partial charge in [0.25, 0.3) is 0 Å². The summed E-state index contributed by atoms with van der Waals surface area (Å²) in [6.07, 6.45) is 0.846. The molecule has 0 bridgehead atoms. The SMILES string of the molecule is C[Si](C)C(C)(C)CO[C@@]12CCN(c3ccc(Br)cc3F)C[C@H]1O2. The molecule has 0 spiro atoms. The third-order valence-electron chi connectivity index (χ3n) is 5.17. The van der Waals surface area contributed by atoms with Crippen molar-refractivity contribution in [1.82, 2.24) is 0 Å². The molecule has 2 fully saturated rings. The standard InChI is InChI=1S/C17H24BrFNO2Si/c1-16(2,23(3)4)11-21-17-7-8-20(10-15(17)22-17)14-6-5-12(18)9-13(14)19/h5-6,9,15H,7-8,10-11H2,1-4H3/t15-,17-/m1/s1. The Balaban J connectivity index is 1.60. The Kier molecular flexibility index (Phi) is 4.64. The van der Waals surface area contributed by atoms with Crippen molar-refractivity contribution in [1.29, 1.82) is 0 Å². The van der Waals surface area contributed by atoms with Gasteiger partial charge in [-0.25, -0.2) is 4.39 Å². The van der Waals surface area contributed by atoms with Crippen molar-refractivity contribution in [3.05, 3.63) is 28.5 Å². The van der Waals surface area contributed by atoms with Gasteiger partial charge in [0.05, 0.1) is 21.1 Å². The number of fused-ring (bicyclic) bond motifs is 1. The first-order valence-electron chi connectivity index (χ1n) is 8.06. The molecule has 3 nitrogen and oxygen atoms in total. The van der Waals surface area contributed by atoms with Gasteiger partial charge in [0.2, 0.25) is 0 Å². The van der Waals surface area contributed by atoms with E-state index < -0.39 is 14.6 Å². The summed E-state index contributed by atoms with van der Waals surface area (Å²) in [5, 5.41) is 0.227. The highest BCUT2D eigenvalue weighted by Crippen LogP contribution is 2.47. The Morgan fingerprint density at radius 1 is 1.48 bits per heavy atom. The summed E-state index contributed by atoms with van der Waals surface area (Å²) in [5.74, 6) is -0.615. The Morgan fingerprint density at radius 3 is 2.83 bits per heavy atom. The third-order valence-corrected chi connectivity index (χ3v) is 8.52. The molecule has 3 rings (SSSR count). The summed E-state index contributed by atoms with van der Waals surface area (Å²) >= 11 is 3.30. The third kappa shape index (κ3) is 3.50. The molecule has 2 atom stereocenters. The molecule has 0 amide bonds. The Hall–Kier alpha value is -0.433. The minimum Gasteiger partial charge on any atom is -0.366 e. The Bertz CT molecular complexity index is 598. The lowest BCUT2D eigenvalue weighted by Crippen LogP contribution is -2.42. The van der Waals surface area contributed by atoms with Gasteiger partial charge in [-0.15, -0.1) is 0 Å². The minimum atomic E-state index is -0.427. The number of piperidine rings is 1. The van der Waals surface area contributed by atoms with Gasteiger partial charge in [-0.05, 0) is 23.2 Å². The second kappa shape index (κ2) is 6.13. The zero-order chi connectivity index (χ0) is 16.8. The molecule has 127 valence electrons. The molecule has 0 N–H and O–H groups in total. The van der Waals surface area contributed by atoms with Gasteiger partial charge in [0.1, 0.15) is 11.9 Å². The van der Waals surface area contributed by atoms with Crippen LogP contribution < -0.4 is 4.90 Å². The maximum atomic E-state index is 14.1. The van der Waals surface area contributed by atoms with E-state index in [1.807, 2.05) is 12.1 Å². The first-order chi connectivity index (χ1) is 10.7. The lowest BCUT2D eigenvalue weighted by Gasteiger charge is -2.33. The summed E-state index contributed by atoms with van der Waals surface area (Å²) in [6.45, 7) is 11.3. The molecule has 1 aromatic carbocycles. The molecule has 0 unspecified atom stereocenters. The first-order valence-corrected chi connectivity index (χ1v) is 11.4. The molecule has 1 radical (unpaired) electrons. The summed E-state index contributed by atoms with van der Waals surface area (Å²) in [6, 6.07) is 5.21. The highest BCUT2D eigenvalue weighted by molar-refractivity contribution is 9.10. The van der Waals surface area contributed by atoms with E-state index in [1.54, 1.807) is 0 Å². The fourth-order valence-corrected chi connectivity index (χ4v) is 3.48. The van der Waals surface area contributed by atoms with E-state index in [0.29, 0.717) is 12.2 Å². The number of nitrogens with zero attached hydrogens (tertiary/aromatic N) is 1. The molecule has 0 aliphatic carbocycles. The number of rotatable bonds is 5. The van der Waals surface area contributed by atoms with Crippen molar-refractivity contribution in [2.24, 2.45) is 0 Å². The monoisotopic (exact) mass is 400 g/mol. The van der Waals surface area contributed by atoms with Gasteiger partial charge in [-0.3, -0.25) is 0 Å². The largest absolute Gasteiger partial charge is 0.366 e. The number of halogens is 2. The van der Waals surface area contributed by atoms with E-state index >= 15 is 0 Å². The van der Waals surface area contributed by atoms with Crippen LogP contribution >= 0.6 is 15.9 Å². The van der Waals surface area contributed by atoms with Crippen LogP contribution in [0.5, 0.6) is 0 Å². The fourth-order valence-electron chi connectivity index (χ4n) is 2.79. The maximum Gasteiger partial charge on any atom is 0.198 e.